The van der Waals surface area contributed by atoms with Gasteiger partial charge in [0.1, 0.15) is 11.6 Å². The van der Waals surface area contributed by atoms with E-state index in [1.807, 2.05) is 50.2 Å². The first-order valence-electron chi connectivity index (χ1n) is 10.1. The average Bonchev–Trinajstić information content (AvgIpc) is 3.13. The molecule has 1 N–H and O–H groups in total. The van der Waals surface area contributed by atoms with E-state index in [1.54, 1.807) is 22.9 Å². The van der Waals surface area contributed by atoms with Crippen LogP contribution in [0.1, 0.15) is 34.9 Å². The van der Waals surface area contributed by atoms with Gasteiger partial charge in [0.25, 0.3) is 5.95 Å². The first-order chi connectivity index (χ1) is 15.0. The van der Waals surface area contributed by atoms with Gasteiger partial charge < -0.3 is 5.32 Å². The van der Waals surface area contributed by atoms with E-state index in [0.717, 1.165) is 22.5 Å². The number of aryl methyl sites for hydroxylation is 2. The molecule has 0 bridgehead atoms. The van der Waals surface area contributed by atoms with E-state index in [4.69, 9.17) is 5.10 Å². The molecule has 1 aliphatic heterocycles. The Morgan fingerprint density at radius 1 is 1.00 bits per heavy atom. The summed E-state index contributed by atoms with van der Waals surface area (Å²) in [5.74, 6) is -0.174. The summed E-state index contributed by atoms with van der Waals surface area (Å²) in [6.45, 7) is 3.76. The van der Waals surface area contributed by atoms with Crippen molar-refractivity contribution in [1.29, 1.82) is 0 Å². The number of hydrogen-bond donors (Lipinski definition) is 1. The van der Waals surface area contributed by atoms with Gasteiger partial charge in [-0.1, -0.05) is 48.5 Å². The summed E-state index contributed by atoms with van der Waals surface area (Å²) < 4.78 is 16.3. The molecule has 31 heavy (non-hydrogen) atoms. The predicted molar refractivity (Wildman–Crippen MR) is 116 cm³/mol. The smallest absolute Gasteiger partial charge is 0.252 e. The zero-order valence-electron chi connectivity index (χ0n) is 17.1. The monoisotopic (exact) mass is 413 g/mol. The highest BCUT2D eigenvalue weighted by molar-refractivity contribution is 5.96. The minimum atomic E-state index is -0.472. The van der Waals surface area contributed by atoms with Gasteiger partial charge in [0.15, 0.2) is 0 Å². The first-order valence-corrected chi connectivity index (χ1v) is 10.1. The second kappa shape index (κ2) is 7.43. The van der Waals surface area contributed by atoms with Crippen LogP contribution in [0, 0.1) is 19.7 Å². The van der Waals surface area contributed by atoms with E-state index in [0.29, 0.717) is 23.0 Å². The Bertz CT molecular complexity index is 1280. The highest BCUT2D eigenvalue weighted by atomic mass is 19.1. The summed E-state index contributed by atoms with van der Waals surface area (Å²) in [6, 6.07) is 18.1. The van der Waals surface area contributed by atoms with Crippen LogP contribution in [-0.4, -0.2) is 25.7 Å². The van der Waals surface area contributed by atoms with Gasteiger partial charge in [0, 0.05) is 34.9 Å². The molecule has 1 amide bonds. The van der Waals surface area contributed by atoms with Crippen molar-refractivity contribution in [3.8, 4) is 17.2 Å². The van der Waals surface area contributed by atoms with Gasteiger partial charge in [-0.3, -0.25) is 4.79 Å². The van der Waals surface area contributed by atoms with Crippen LogP contribution in [0.4, 0.5) is 10.2 Å². The molecule has 154 valence electrons. The molecule has 5 rings (SSSR count). The van der Waals surface area contributed by atoms with E-state index in [2.05, 4.69) is 15.3 Å². The van der Waals surface area contributed by atoms with Crippen LogP contribution < -0.4 is 5.32 Å². The number of fused-ring (bicyclic) bond motifs is 1. The molecular formula is C24H20FN5O. The van der Waals surface area contributed by atoms with Gasteiger partial charge >= 0.3 is 0 Å². The van der Waals surface area contributed by atoms with Crippen molar-refractivity contribution in [2.45, 2.75) is 26.2 Å². The standard InChI is InChI=1S/C24H20FN5O/c1-14-12-15(2)27-24(26-14)30-23-21(22(29-30)16-8-4-3-5-9-16)18(13-20(31)28-23)17-10-6-7-11-19(17)25/h3-12,18H,13H2,1-2H3,(H,28,31)/t18-/m0/s1. The van der Waals surface area contributed by atoms with Crippen molar-refractivity contribution in [3.63, 3.8) is 0 Å². The van der Waals surface area contributed by atoms with Crippen molar-refractivity contribution < 1.29 is 9.18 Å². The second-order valence-electron chi connectivity index (χ2n) is 7.67. The van der Waals surface area contributed by atoms with Gasteiger partial charge in [-0.2, -0.15) is 9.78 Å². The second-order valence-corrected chi connectivity index (χ2v) is 7.67. The van der Waals surface area contributed by atoms with Gasteiger partial charge in [-0.15, -0.1) is 0 Å². The van der Waals surface area contributed by atoms with Crippen LogP contribution >= 0.6 is 0 Å². The molecule has 0 unspecified atom stereocenters. The molecule has 0 saturated carbocycles. The lowest BCUT2D eigenvalue weighted by Gasteiger charge is -2.25. The Kier molecular flexibility index (Phi) is 4.58. The van der Waals surface area contributed by atoms with Gasteiger partial charge in [0.05, 0.1) is 5.69 Å². The molecule has 2 aromatic carbocycles. The van der Waals surface area contributed by atoms with Crippen LogP contribution in [0.3, 0.4) is 0 Å². The molecule has 0 spiro atoms. The summed E-state index contributed by atoms with van der Waals surface area (Å²) in [6.07, 6.45) is 0.132. The number of nitrogens with one attached hydrogen (secondary N) is 1. The highest BCUT2D eigenvalue weighted by Gasteiger charge is 2.36. The van der Waals surface area contributed by atoms with Crippen molar-refractivity contribution in [2.24, 2.45) is 0 Å². The number of halogens is 1. The van der Waals surface area contributed by atoms with E-state index >= 15 is 0 Å². The summed E-state index contributed by atoms with van der Waals surface area (Å²) in [7, 11) is 0. The molecule has 1 atom stereocenters. The van der Waals surface area contributed by atoms with Crippen LogP contribution in [0.5, 0.6) is 0 Å². The van der Waals surface area contributed by atoms with Gasteiger partial charge in [-0.25, -0.2) is 14.4 Å². The van der Waals surface area contributed by atoms with Crippen molar-refractivity contribution in [2.75, 3.05) is 5.32 Å². The van der Waals surface area contributed by atoms with E-state index in [1.165, 1.54) is 6.07 Å². The summed E-state index contributed by atoms with van der Waals surface area (Å²) in [4.78, 5) is 21.7. The van der Waals surface area contributed by atoms with Crippen LogP contribution in [0.2, 0.25) is 0 Å². The Morgan fingerprint density at radius 3 is 2.39 bits per heavy atom. The lowest BCUT2D eigenvalue weighted by molar-refractivity contribution is -0.116. The molecule has 0 radical (unpaired) electrons. The number of rotatable bonds is 3. The summed E-state index contributed by atoms with van der Waals surface area (Å²) >= 11 is 0. The van der Waals surface area contributed by atoms with Crippen LogP contribution in [-0.2, 0) is 4.79 Å². The van der Waals surface area contributed by atoms with Crippen LogP contribution in [0.15, 0.2) is 60.7 Å². The van der Waals surface area contributed by atoms with E-state index < -0.39 is 5.92 Å². The number of carbonyl (C=O) groups excluding carboxylic acids is 1. The Balaban J connectivity index is 1.81. The number of anilines is 1. The third kappa shape index (κ3) is 3.38. The number of carbonyl (C=O) groups is 1. The highest BCUT2D eigenvalue weighted by Crippen LogP contribution is 2.44. The summed E-state index contributed by atoms with van der Waals surface area (Å²) in [5, 5.41) is 7.74. The Morgan fingerprint density at radius 2 is 1.68 bits per heavy atom. The maximum Gasteiger partial charge on any atom is 0.252 e. The van der Waals surface area contributed by atoms with Crippen LogP contribution in [0.25, 0.3) is 17.2 Å². The minimum absolute atomic E-state index is 0.132. The number of nitrogens with zero attached hydrogens (tertiary/aromatic N) is 4. The Hall–Kier alpha value is -3.87. The largest absolute Gasteiger partial charge is 0.310 e. The van der Waals surface area contributed by atoms with Gasteiger partial charge in [-0.05, 0) is 31.5 Å². The third-order valence-electron chi connectivity index (χ3n) is 5.41. The number of hydrogen-bond acceptors (Lipinski definition) is 4. The molecule has 4 aromatic rings. The molecule has 0 saturated heterocycles. The maximum atomic E-state index is 14.8. The lowest BCUT2D eigenvalue weighted by atomic mass is 9.84. The summed E-state index contributed by atoms with van der Waals surface area (Å²) in [5.41, 5.74) is 4.36. The molecule has 7 heteroatoms. The molecule has 0 fully saturated rings. The van der Waals surface area contributed by atoms with Gasteiger partial charge in [0.2, 0.25) is 5.91 Å². The lowest BCUT2D eigenvalue weighted by Crippen LogP contribution is -2.25. The first kappa shape index (κ1) is 19.1. The zero-order valence-corrected chi connectivity index (χ0v) is 17.1. The number of benzene rings is 2. The van der Waals surface area contributed by atoms with Crippen molar-refractivity contribution >= 4 is 11.7 Å². The fourth-order valence-corrected chi connectivity index (χ4v) is 4.13. The topological polar surface area (TPSA) is 72.7 Å². The molecule has 2 aromatic heterocycles. The number of aromatic nitrogens is 4. The van der Waals surface area contributed by atoms with E-state index in [-0.39, 0.29) is 18.1 Å². The van der Waals surface area contributed by atoms with E-state index in [9.17, 15) is 9.18 Å². The molecule has 0 aliphatic carbocycles. The number of amides is 1. The fraction of sp³-hybridized carbons (Fsp3) is 0.167. The van der Waals surface area contributed by atoms with Crippen molar-refractivity contribution in [3.05, 3.63) is 89.0 Å². The molecular weight excluding hydrogens is 393 g/mol. The minimum Gasteiger partial charge on any atom is -0.310 e. The molecule has 6 nitrogen and oxygen atoms in total. The predicted octanol–water partition coefficient (Wildman–Crippen LogP) is 4.56. The van der Waals surface area contributed by atoms with Crippen molar-refractivity contribution in [1.82, 2.24) is 19.7 Å². The SMILES string of the molecule is Cc1cc(C)nc(-n2nc(-c3ccccc3)c3c2NC(=O)C[C@H]3c2ccccc2F)n1. The molecule has 1 aliphatic rings. The quantitative estimate of drug-likeness (QED) is 0.534. The average molecular weight is 413 g/mol. The molecule has 3 heterocycles. The third-order valence-corrected chi connectivity index (χ3v) is 5.41. The fourth-order valence-electron chi connectivity index (χ4n) is 4.13. The maximum absolute atomic E-state index is 14.8. The normalized spacial score (nSPS) is 15.5. The Labute approximate surface area is 178 Å². The zero-order chi connectivity index (χ0) is 21.5.